The van der Waals surface area contributed by atoms with Gasteiger partial charge in [-0.3, -0.25) is 9.59 Å². The van der Waals surface area contributed by atoms with Gasteiger partial charge in [-0.05, 0) is 36.6 Å². The van der Waals surface area contributed by atoms with E-state index in [4.69, 9.17) is 9.84 Å². The van der Waals surface area contributed by atoms with Gasteiger partial charge in [0.2, 0.25) is 0 Å². The van der Waals surface area contributed by atoms with Gasteiger partial charge in [-0.2, -0.15) is 0 Å². The number of carboxylic acids is 1. The van der Waals surface area contributed by atoms with Crippen LogP contribution in [0.5, 0.6) is 0 Å². The number of carboxylic acid groups (broad SMARTS) is 1. The van der Waals surface area contributed by atoms with Crippen molar-refractivity contribution < 1.29 is 19.4 Å². The summed E-state index contributed by atoms with van der Waals surface area (Å²) < 4.78 is 5.12. The van der Waals surface area contributed by atoms with Crippen molar-refractivity contribution in [1.82, 2.24) is 4.90 Å². The quantitative estimate of drug-likeness (QED) is 0.877. The normalized spacial score (nSPS) is 18.7. The summed E-state index contributed by atoms with van der Waals surface area (Å²) >= 11 is 1.45. The fourth-order valence-electron chi connectivity index (χ4n) is 2.75. The Kier molecular flexibility index (Phi) is 5.76. The third-order valence-corrected chi connectivity index (χ3v) is 4.76. The van der Waals surface area contributed by atoms with E-state index in [0.717, 1.165) is 29.8 Å². The molecule has 1 saturated heterocycles. The Morgan fingerprint density at radius 2 is 2.33 bits per heavy atom. The maximum absolute atomic E-state index is 12.6. The largest absolute Gasteiger partial charge is 0.481 e. The summed E-state index contributed by atoms with van der Waals surface area (Å²) in [6, 6.07) is 1.92. The Morgan fingerprint density at radius 1 is 1.52 bits per heavy atom. The van der Waals surface area contributed by atoms with Crippen LogP contribution in [0, 0.1) is 5.92 Å². The third-order valence-electron chi connectivity index (χ3n) is 3.81. The molecule has 0 spiro atoms. The van der Waals surface area contributed by atoms with Gasteiger partial charge in [0.05, 0.1) is 11.5 Å². The molecule has 1 fully saturated rings. The number of ether oxygens (including phenoxy) is 1. The van der Waals surface area contributed by atoms with Crippen LogP contribution in [0.3, 0.4) is 0 Å². The van der Waals surface area contributed by atoms with E-state index in [2.05, 4.69) is 0 Å². The lowest BCUT2D eigenvalue weighted by atomic mass is 9.93. The summed E-state index contributed by atoms with van der Waals surface area (Å²) in [7, 11) is 1.62. The van der Waals surface area contributed by atoms with Crippen LogP contribution in [-0.4, -0.2) is 42.1 Å². The first kappa shape index (κ1) is 16.0. The summed E-state index contributed by atoms with van der Waals surface area (Å²) in [5.74, 6) is -0.416. The van der Waals surface area contributed by atoms with Crippen LogP contribution in [0.1, 0.15) is 40.9 Å². The minimum absolute atomic E-state index is 0.0528. The van der Waals surface area contributed by atoms with E-state index >= 15 is 0 Å². The van der Waals surface area contributed by atoms with Crippen LogP contribution in [0.15, 0.2) is 11.4 Å². The van der Waals surface area contributed by atoms with Crippen molar-refractivity contribution in [2.24, 2.45) is 5.92 Å². The van der Waals surface area contributed by atoms with Crippen molar-refractivity contribution in [2.75, 3.05) is 20.2 Å². The van der Waals surface area contributed by atoms with E-state index in [1.165, 1.54) is 11.3 Å². The van der Waals surface area contributed by atoms with Crippen molar-refractivity contribution >= 4 is 23.2 Å². The first-order valence-corrected chi connectivity index (χ1v) is 8.06. The first-order chi connectivity index (χ1) is 10.1. The smallest absolute Gasteiger partial charge is 0.303 e. The topological polar surface area (TPSA) is 66.8 Å². The van der Waals surface area contributed by atoms with E-state index in [9.17, 15) is 9.59 Å². The van der Waals surface area contributed by atoms with Gasteiger partial charge < -0.3 is 14.7 Å². The molecule has 1 aromatic rings. The predicted octanol–water partition coefficient (Wildman–Crippen LogP) is 2.61. The zero-order valence-electron chi connectivity index (χ0n) is 12.2. The van der Waals surface area contributed by atoms with E-state index in [-0.39, 0.29) is 12.3 Å². The lowest BCUT2D eigenvalue weighted by Gasteiger charge is -2.32. The lowest BCUT2D eigenvalue weighted by Crippen LogP contribution is -2.40. The molecule has 21 heavy (non-hydrogen) atoms. The molecule has 2 heterocycles. The SMILES string of the molecule is COCc1ccsc1C(=O)N1CCC[C@H](CCC(=O)O)C1. The molecule has 1 aromatic heterocycles. The molecule has 2 rings (SSSR count). The summed E-state index contributed by atoms with van der Waals surface area (Å²) in [6.45, 7) is 1.87. The Hall–Kier alpha value is -1.40. The maximum Gasteiger partial charge on any atom is 0.303 e. The zero-order chi connectivity index (χ0) is 15.2. The van der Waals surface area contributed by atoms with E-state index < -0.39 is 5.97 Å². The maximum atomic E-state index is 12.6. The molecule has 1 aliphatic heterocycles. The average molecular weight is 311 g/mol. The molecule has 116 valence electrons. The number of aliphatic carboxylic acids is 1. The van der Waals surface area contributed by atoms with Gasteiger partial charge in [0, 0.05) is 32.2 Å². The number of carbonyl (C=O) groups excluding carboxylic acids is 1. The van der Waals surface area contributed by atoms with Crippen molar-refractivity contribution in [2.45, 2.75) is 32.3 Å². The molecule has 1 atom stereocenters. The molecule has 1 amide bonds. The molecular formula is C15H21NO4S. The van der Waals surface area contributed by atoms with Crippen molar-refractivity contribution in [3.05, 3.63) is 21.9 Å². The molecular weight excluding hydrogens is 290 g/mol. The molecule has 0 radical (unpaired) electrons. The van der Waals surface area contributed by atoms with Crippen LogP contribution in [0.4, 0.5) is 0 Å². The number of likely N-dealkylation sites (tertiary alicyclic amines) is 1. The lowest BCUT2D eigenvalue weighted by molar-refractivity contribution is -0.137. The van der Waals surface area contributed by atoms with Gasteiger partial charge in [0.1, 0.15) is 0 Å². The number of hydrogen-bond acceptors (Lipinski definition) is 4. The molecule has 5 nitrogen and oxygen atoms in total. The second kappa shape index (κ2) is 7.56. The Balaban J connectivity index is 1.98. The van der Waals surface area contributed by atoms with Gasteiger partial charge in [0.15, 0.2) is 0 Å². The molecule has 1 aliphatic rings. The van der Waals surface area contributed by atoms with Crippen molar-refractivity contribution in [1.29, 1.82) is 0 Å². The predicted molar refractivity (Wildman–Crippen MR) is 80.5 cm³/mol. The van der Waals surface area contributed by atoms with Crippen LogP contribution in [0.2, 0.25) is 0 Å². The fourth-order valence-corrected chi connectivity index (χ4v) is 3.63. The van der Waals surface area contributed by atoms with Crippen LogP contribution in [-0.2, 0) is 16.1 Å². The molecule has 0 aliphatic carbocycles. The minimum Gasteiger partial charge on any atom is -0.481 e. The fraction of sp³-hybridized carbons (Fsp3) is 0.600. The van der Waals surface area contributed by atoms with Crippen LogP contribution < -0.4 is 0 Å². The summed E-state index contributed by atoms with van der Waals surface area (Å²) in [6.07, 6.45) is 2.78. The zero-order valence-corrected chi connectivity index (χ0v) is 13.0. The van der Waals surface area contributed by atoms with Crippen LogP contribution in [0.25, 0.3) is 0 Å². The summed E-state index contributed by atoms with van der Waals surface area (Å²) in [4.78, 5) is 25.9. The van der Waals surface area contributed by atoms with E-state index in [0.29, 0.717) is 25.5 Å². The van der Waals surface area contributed by atoms with Gasteiger partial charge in [-0.1, -0.05) is 0 Å². The van der Waals surface area contributed by atoms with E-state index in [1.54, 1.807) is 7.11 Å². The molecule has 0 unspecified atom stereocenters. The second-order valence-corrected chi connectivity index (χ2v) is 6.32. The highest BCUT2D eigenvalue weighted by molar-refractivity contribution is 7.12. The standard InChI is InChI=1S/C15H21NO4S/c1-20-10-12-6-8-21-14(12)15(19)16-7-2-3-11(9-16)4-5-13(17)18/h6,8,11H,2-5,7,9-10H2,1H3,(H,17,18)/t11-/m1/s1. The molecule has 0 bridgehead atoms. The van der Waals surface area contributed by atoms with Crippen molar-refractivity contribution in [3.8, 4) is 0 Å². The molecule has 0 saturated carbocycles. The number of nitrogens with zero attached hydrogens (tertiary/aromatic N) is 1. The highest BCUT2D eigenvalue weighted by Gasteiger charge is 2.26. The van der Waals surface area contributed by atoms with Gasteiger partial charge >= 0.3 is 5.97 Å². The third kappa shape index (κ3) is 4.28. The Bertz CT molecular complexity index is 500. The molecule has 1 N–H and O–H groups in total. The summed E-state index contributed by atoms with van der Waals surface area (Å²) in [5.41, 5.74) is 0.931. The van der Waals surface area contributed by atoms with Gasteiger partial charge in [0.25, 0.3) is 5.91 Å². The molecule has 6 heteroatoms. The average Bonchev–Trinajstić information content (AvgIpc) is 2.93. The highest BCUT2D eigenvalue weighted by atomic mass is 32.1. The molecule has 0 aromatic carbocycles. The van der Waals surface area contributed by atoms with Gasteiger partial charge in [-0.15, -0.1) is 11.3 Å². The number of methoxy groups -OCH3 is 1. The number of hydrogen-bond donors (Lipinski definition) is 1. The number of thiophene rings is 1. The number of rotatable bonds is 6. The number of piperidine rings is 1. The van der Waals surface area contributed by atoms with Crippen LogP contribution >= 0.6 is 11.3 Å². The Morgan fingerprint density at radius 3 is 3.05 bits per heavy atom. The number of carbonyl (C=O) groups is 2. The first-order valence-electron chi connectivity index (χ1n) is 7.18. The Labute approximate surface area is 128 Å². The summed E-state index contributed by atoms with van der Waals surface area (Å²) in [5, 5.41) is 10.7. The van der Waals surface area contributed by atoms with Crippen molar-refractivity contribution in [3.63, 3.8) is 0 Å². The van der Waals surface area contributed by atoms with E-state index in [1.807, 2.05) is 16.3 Å². The monoisotopic (exact) mass is 311 g/mol. The second-order valence-electron chi connectivity index (χ2n) is 5.40. The number of amides is 1. The van der Waals surface area contributed by atoms with Gasteiger partial charge in [-0.25, -0.2) is 0 Å². The minimum atomic E-state index is -0.765. The highest BCUT2D eigenvalue weighted by Crippen LogP contribution is 2.25.